The minimum absolute atomic E-state index is 0.502. The van der Waals surface area contributed by atoms with Crippen molar-refractivity contribution in [1.82, 2.24) is 15.3 Å². The molecule has 35 heavy (non-hydrogen) atoms. The van der Waals surface area contributed by atoms with Crippen molar-refractivity contribution in [3.63, 3.8) is 0 Å². The van der Waals surface area contributed by atoms with Gasteiger partial charge in [0, 0.05) is 38.8 Å². The highest BCUT2D eigenvalue weighted by atomic mass is 32.1. The standard InChI is InChI=1S/C26H36N6O2S/c1-18-5-3-9-31(16-18)23-14-24(32-10-4-6-19(2)17-32)29-25(28-23)30-26(35)27-15-20-7-8-21-22(13-20)34-12-11-33-21/h7-8,13-14,18-19H,3-6,9-12,15-17H2,1-2H3,(H2,27,28,29,30,35). The number of nitrogens with one attached hydrogen (secondary N) is 2. The van der Waals surface area contributed by atoms with Crippen molar-refractivity contribution >= 4 is 34.9 Å². The van der Waals surface area contributed by atoms with Crippen LogP contribution in [0.5, 0.6) is 11.5 Å². The predicted molar refractivity (Wildman–Crippen MR) is 144 cm³/mol. The molecule has 2 atom stereocenters. The lowest BCUT2D eigenvalue weighted by molar-refractivity contribution is 0.171. The maximum Gasteiger partial charge on any atom is 0.232 e. The molecular formula is C26H36N6O2S. The first-order chi connectivity index (χ1) is 17.0. The lowest BCUT2D eigenvalue weighted by Crippen LogP contribution is -2.37. The molecular weight excluding hydrogens is 460 g/mol. The molecule has 2 saturated heterocycles. The van der Waals surface area contributed by atoms with Crippen LogP contribution in [0.2, 0.25) is 0 Å². The topological polar surface area (TPSA) is 74.8 Å². The smallest absolute Gasteiger partial charge is 0.232 e. The molecule has 0 aliphatic carbocycles. The number of anilines is 3. The van der Waals surface area contributed by atoms with E-state index >= 15 is 0 Å². The van der Waals surface area contributed by atoms with Crippen molar-refractivity contribution in [1.29, 1.82) is 0 Å². The molecule has 0 amide bonds. The number of piperidine rings is 2. The molecule has 9 heteroatoms. The van der Waals surface area contributed by atoms with Gasteiger partial charge < -0.3 is 29.9 Å². The summed E-state index contributed by atoms with van der Waals surface area (Å²) < 4.78 is 11.3. The van der Waals surface area contributed by atoms with Crippen LogP contribution >= 0.6 is 12.2 Å². The Morgan fingerprint density at radius 3 is 2.20 bits per heavy atom. The molecule has 0 spiro atoms. The Morgan fingerprint density at radius 2 is 1.57 bits per heavy atom. The molecule has 2 N–H and O–H groups in total. The molecule has 2 fully saturated rings. The fourth-order valence-electron chi connectivity index (χ4n) is 5.12. The summed E-state index contributed by atoms with van der Waals surface area (Å²) in [6.45, 7) is 10.5. The van der Waals surface area contributed by atoms with Crippen molar-refractivity contribution in [2.45, 2.75) is 46.1 Å². The van der Waals surface area contributed by atoms with Crippen LogP contribution in [0.25, 0.3) is 0 Å². The maximum atomic E-state index is 5.69. The molecule has 0 radical (unpaired) electrons. The third kappa shape index (κ3) is 6.07. The largest absolute Gasteiger partial charge is 0.486 e. The highest BCUT2D eigenvalue weighted by molar-refractivity contribution is 7.80. The molecule has 188 valence electrons. The lowest BCUT2D eigenvalue weighted by Gasteiger charge is -2.35. The second kappa shape index (κ2) is 10.8. The maximum absolute atomic E-state index is 5.69. The lowest BCUT2D eigenvalue weighted by atomic mass is 10.00. The highest BCUT2D eigenvalue weighted by Gasteiger charge is 2.23. The number of thiocarbonyl (C=S) groups is 1. The van der Waals surface area contributed by atoms with Gasteiger partial charge in [0.15, 0.2) is 16.6 Å². The Kier molecular flexibility index (Phi) is 7.41. The van der Waals surface area contributed by atoms with Gasteiger partial charge in [-0.25, -0.2) is 0 Å². The summed E-state index contributed by atoms with van der Waals surface area (Å²) in [7, 11) is 0. The van der Waals surface area contributed by atoms with Gasteiger partial charge >= 0.3 is 0 Å². The molecule has 3 aliphatic heterocycles. The van der Waals surface area contributed by atoms with Gasteiger partial charge in [0.25, 0.3) is 0 Å². The fraction of sp³-hybridized carbons (Fsp3) is 0.577. The van der Waals surface area contributed by atoms with Crippen LogP contribution < -0.4 is 29.9 Å². The van der Waals surface area contributed by atoms with Crippen molar-refractivity contribution < 1.29 is 9.47 Å². The summed E-state index contributed by atoms with van der Waals surface area (Å²) >= 11 is 5.61. The molecule has 2 aromatic rings. The first-order valence-electron chi connectivity index (χ1n) is 12.9. The van der Waals surface area contributed by atoms with E-state index in [1.165, 1.54) is 25.7 Å². The Balaban J connectivity index is 1.29. The van der Waals surface area contributed by atoms with Crippen molar-refractivity contribution in [2.75, 3.05) is 54.5 Å². The summed E-state index contributed by atoms with van der Waals surface area (Å²) in [5.74, 6) is 5.42. The molecule has 0 saturated carbocycles. The predicted octanol–water partition coefficient (Wildman–Crippen LogP) is 4.21. The second-order valence-electron chi connectivity index (χ2n) is 10.1. The van der Waals surface area contributed by atoms with Crippen LogP contribution in [-0.4, -0.2) is 54.5 Å². The first kappa shape index (κ1) is 23.9. The van der Waals surface area contributed by atoms with Crippen LogP contribution in [0, 0.1) is 11.8 Å². The van der Waals surface area contributed by atoms with E-state index in [2.05, 4.69) is 40.3 Å². The normalized spacial score (nSPS) is 22.0. The second-order valence-corrected chi connectivity index (χ2v) is 10.5. The zero-order valence-corrected chi connectivity index (χ0v) is 21.6. The van der Waals surface area contributed by atoms with Crippen LogP contribution in [0.3, 0.4) is 0 Å². The Morgan fingerprint density at radius 1 is 0.943 bits per heavy atom. The number of nitrogens with zero attached hydrogens (tertiary/aromatic N) is 4. The summed E-state index contributed by atoms with van der Waals surface area (Å²) in [6, 6.07) is 8.12. The van der Waals surface area contributed by atoms with Crippen molar-refractivity contribution in [2.24, 2.45) is 11.8 Å². The van der Waals surface area contributed by atoms with E-state index in [4.69, 9.17) is 31.7 Å². The van der Waals surface area contributed by atoms with Crippen LogP contribution in [0.4, 0.5) is 17.6 Å². The zero-order valence-electron chi connectivity index (χ0n) is 20.8. The van der Waals surface area contributed by atoms with Gasteiger partial charge in [-0.2, -0.15) is 9.97 Å². The molecule has 3 aliphatic rings. The summed E-state index contributed by atoms with van der Waals surface area (Å²) in [6.07, 6.45) is 4.94. The summed E-state index contributed by atoms with van der Waals surface area (Å²) in [4.78, 5) is 14.5. The summed E-state index contributed by atoms with van der Waals surface area (Å²) in [5.41, 5.74) is 1.07. The minimum atomic E-state index is 0.502. The fourth-order valence-corrected chi connectivity index (χ4v) is 5.29. The van der Waals surface area contributed by atoms with E-state index in [1.807, 2.05) is 18.2 Å². The third-order valence-electron chi connectivity index (χ3n) is 6.95. The Bertz CT molecular complexity index is 1010. The van der Waals surface area contributed by atoms with Gasteiger partial charge in [0.1, 0.15) is 24.8 Å². The van der Waals surface area contributed by atoms with E-state index in [-0.39, 0.29) is 0 Å². The summed E-state index contributed by atoms with van der Waals surface area (Å²) in [5, 5.41) is 7.03. The average Bonchev–Trinajstić information content (AvgIpc) is 2.87. The number of aromatic nitrogens is 2. The molecule has 1 aromatic carbocycles. The number of ether oxygens (including phenoxy) is 2. The Labute approximate surface area is 213 Å². The number of benzene rings is 1. The van der Waals surface area contributed by atoms with Crippen LogP contribution in [0.1, 0.15) is 45.1 Å². The van der Waals surface area contributed by atoms with E-state index in [9.17, 15) is 0 Å². The van der Waals surface area contributed by atoms with E-state index in [0.717, 1.165) is 54.9 Å². The molecule has 5 rings (SSSR count). The van der Waals surface area contributed by atoms with Gasteiger partial charge in [0.05, 0.1) is 0 Å². The minimum Gasteiger partial charge on any atom is -0.486 e. The Hall–Kier alpha value is -2.81. The van der Waals surface area contributed by atoms with Crippen LogP contribution in [-0.2, 0) is 6.54 Å². The number of hydrogen-bond acceptors (Lipinski definition) is 7. The van der Waals surface area contributed by atoms with Gasteiger partial charge in [0.2, 0.25) is 5.95 Å². The molecule has 0 bridgehead atoms. The third-order valence-corrected chi connectivity index (χ3v) is 7.19. The molecule has 2 unspecified atom stereocenters. The van der Waals surface area contributed by atoms with Gasteiger partial charge in [-0.1, -0.05) is 19.9 Å². The van der Waals surface area contributed by atoms with Gasteiger partial charge in [-0.15, -0.1) is 0 Å². The molecule has 8 nitrogen and oxygen atoms in total. The quantitative estimate of drug-likeness (QED) is 0.592. The highest BCUT2D eigenvalue weighted by Crippen LogP contribution is 2.31. The molecule has 4 heterocycles. The number of hydrogen-bond donors (Lipinski definition) is 2. The van der Waals surface area contributed by atoms with E-state index in [1.54, 1.807) is 0 Å². The van der Waals surface area contributed by atoms with Crippen molar-refractivity contribution in [3.05, 3.63) is 29.8 Å². The van der Waals surface area contributed by atoms with E-state index < -0.39 is 0 Å². The first-order valence-corrected chi connectivity index (χ1v) is 13.3. The molecule has 1 aromatic heterocycles. The SMILES string of the molecule is CC1CCCN(c2cc(N3CCCC(C)C3)nc(NC(=S)NCc3ccc4c(c3)OCCO4)n2)C1. The van der Waals surface area contributed by atoms with E-state index in [0.29, 0.717) is 42.7 Å². The number of fused-ring (bicyclic) bond motifs is 1. The number of rotatable bonds is 5. The van der Waals surface area contributed by atoms with Gasteiger partial charge in [-0.05, 0) is 67.4 Å². The van der Waals surface area contributed by atoms with Gasteiger partial charge in [-0.3, -0.25) is 0 Å². The van der Waals surface area contributed by atoms with Crippen molar-refractivity contribution in [3.8, 4) is 11.5 Å². The monoisotopic (exact) mass is 496 g/mol. The zero-order chi connectivity index (χ0) is 24.2. The average molecular weight is 497 g/mol. The van der Waals surface area contributed by atoms with Crippen LogP contribution in [0.15, 0.2) is 24.3 Å².